The number of aliphatic carboxylic acids is 1. The lowest BCUT2D eigenvalue weighted by atomic mass is 9.96. The van der Waals surface area contributed by atoms with Crippen LogP contribution in [0.1, 0.15) is 46.5 Å². The number of nitrogens with one attached hydrogen (secondary N) is 1. The molecule has 0 fully saturated rings. The van der Waals surface area contributed by atoms with E-state index in [-0.39, 0.29) is 0 Å². The highest BCUT2D eigenvalue weighted by Gasteiger charge is 2.25. The van der Waals surface area contributed by atoms with Gasteiger partial charge in [-0.2, -0.15) is 0 Å². The standard InChI is InChI=1S/C14H24N2O5/c1-4-5-6-9-14(2,3)16-13(20)12(15)21-11(19)8-7-10(17)18/h7-8,12H,4-6,9,15H2,1-3H3,(H,16,20)(H,17,18)/b8-7+. The lowest BCUT2D eigenvalue weighted by Gasteiger charge is -2.27. The van der Waals surface area contributed by atoms with Crippen molar-refractivity contribution in [2.45, 2.75) is 58.2 Å². The van der Waals surface area contributed by atoms with E-state index in [2.05, 4.69) is 17.0 Å². The molecule has 1 amide bonds. The minimum Gasteiger partial charge on any atom is -0.478 e. The SMILES string of the molecule is CCCCCC(C)(C)NC(=O)C(N)OC(=O)/C=C/C(=O)O. The summed E-state index contributed by atoms with van der Waals surface area (Å²) in [6.07, 6.45) is 3.74. The van der Waals surface area contributed by atoms with Crippen molar-refractivity contribution < 1.29 is 24.2 Å². The molecule has 7 nitrogen and oxygen atoms in total. The zero-order valence-corrected chi connectivity index (χ0v) is 12.7. The number of ether oxygens (including phenoxy) is 1. The van der Waals surface area contributed by atoms with Crippen LogP contribution >= 0.6 is 0 Å². The summed E-state index contributed by atoms with van der Waals surface area (Å²) in [5.41, 5.74) is 5.00. The van der Waals surface area contributed by atoms with Crippen molar-refractivity contribution in [1.29, 1.82) is 0 Å². The summed E-state index contributed by atoms with van der Waals surface area (Å²) in [7, 11) is 0. The Morgan fingerprint density at radius 2 is 1.90 bits per heavy atom. The molecule has 0 saturated heterocycles. The van der Waals surface area contributed by atoms with Crippen molar-refractivity contribution in [1.82, 2.24) is 5.32 Å². The first-order valence-corrected chi connectivity index (χ1v) is 6.87. The number of carboxylic acid groups (broad SMARTS) is 1. The van der Waals surface area contributed by atoms with Crippen molar-refractivity contribution in [2.24, 2.45) is 5.73 Å². The van der Waals surface area contributed by atoms with Crippen molar-refractivity contribution in [3.63, 3.8) is 0 Å². The van der Waals surface area contributed by atoms with Crippen molar-refractivity contribution in [3.05, 3.63) is 12.2 Å². The van der Waals surface area contributed by atoms with Crippen LogP contribution in [-0.2, 0) is 19.1 Å². The van der Waals surface area contributed by atoms with Crippen LogP contribution in [0.3, 0.4) is 0 Å². The summed E-state index contributed by atoms with van der Waals surface area (Å²) < 4.78 is 4.61. The second-order valence-corrected chi connectivity index (χ2v) is 5.36. The number of hydrogen-bond donors (Lipinski definition) is 3. The largest absolute Gasteiger partial charge is 0.478 e. The molecule has 21 heavy (non-hydrogen) atoms. The third-order valence-corrected chi connectivity index (χ3v) is 2.73. The lowest BCUT2D eigenvalue weighted by Crippen LogP contribution is -2.51. The van der Waals surface area contributed by atoms with Crippen LogP contribution in [0.5, 0.6) is 0 Å². The fraction of sp³-hybridized carbons (Fsp3) is 0.643. The predicted molar refractivity (Wildman–Crippen MR) is 77.2 cm³/mol. The second kappa shape index (κ2) is 9.12. The maximum atomic E-state index is 11.8. The topological polar surface area (TPSA) is 119 Å². The molecule has 1 atom stereocenters. The molecule has 4 N–H and O–H groups in total. The molecular formula is C14H24N2O5. The molecule has 0 rings (SSSR count). The molecule has 1 unspecified atom stereocenters. The summed E-state index contributed by atoms with van der Waals surface area (Å²) in [6, 6.07) is 0. The highest BCUT2D eigenvalue weighted by atomic mass is 16.6. The summed E-state index contributed by atoms with van der Waals surface area (Å²) in [6.45, 7) is 5.81. The highest BCUT2D eigenvalue weighted by molar-refractivity contribution is 5.92. The second-order valence-electron chi connectivity index (χ2n) is 5.36. The normalized spacial score (nSPS) is 13.0. The number of hydrogen-bond acceptors (Lipinski definition) is 5. The van der Waals surface area contributed by atoms with Gasteiger partial charge in [-0.15, -0.1) is 0 Å². The lowest BCUT2D eigenvalue weighted by molar-refractivity contribution is -0.151. The molecule has 0 aromatic carbocycles. The quantitative estimate of drug-likeness (QED) is 0.252. The zero-order valence-electron chi connectivity index (χ0n) is 12.7. The van der Waals surface area contributed by atoms with Crippen LogP contribution in [0.4, 0.5) is 0 Å². The summed E-state index contributed by atoms with van der Waals surface area (Å²) in [5.74, 6) is -2.89. The number of carbonyl (C=O) groups excluding carboxylic acids is 2. The Morgan fingerprint density at radius 1 is 1.29 bits per heavy atom. The molecule has 0 aliphatic rings. The van der Waals surface area contributed by atoms with Gasteiger partial charge in [0.1, 0.15) is 0 Å². The van der Waals surface area contributed by atoms with Crippen LogP contribution in [0, 0.1) is 0 Å². The predicted octanol–water partition coefficient (Wildman–Crippen LogP) is 0.930. The fourth-order valence-electron chi connectivity index (χ4n) is 1.64. The Morgan fingerprint density at radius 3 is 2.43 bits per heavy atom. The number of rotatable bonds is 9. The maximum Gasteiger partial charge on any atom is 0.333 e. The van der Waals surface area contributed by atoms with E-state index < -0.39 is 29.6 Å². The number of carboxylic acids is 1. The molecule has 0 spiro atoms. The Labute approximate surface area is 124 Å². The third-order valence-electron chi connectivity index (χ3n) is 2.73. The van der Waals surface area contributed by atoms with Crippen LogP contribution in [0.2, 0.25) is 0 Å². The fourth-order valence-corrected chi connectivity index (χ4v) is 1.64. The van der Waals surface area contributed by atoms with Gasteiger partial charge >= 0.3 is 11.9 Å². The Balaban J connectivity index is 4.31. The third kappa shape index (κ3) is 9.61. The van der Waals surface area contributed by atoms with Gasteiger partial charge < -0.3 is 15.2 Å². The van der Waals surface area contributed by atoms with Crippen LogP contribution in [-0.4, -0.2) is 34.7 Å². The van der Waals surface area contributed by atoms with Gasteiger partial charge in [-0.25, -0.2) is 9.59 Å². The minimum absolute atomic E-state index is 0.451. The molecule has 0 aliphatic carbocycles. The molecule has 7 heteroatoms. The Hall–Kier alpha value is -1.89. The van der Waals surface area contributed by atoms with Crippen LogP contribution in [0.25, 0.3) is 0 Å². The van der Waals surface area contributed by atoms with Gasteiger partial charge in [-0.05, 0) is 20.3 Å². The Kier molecular flexibility index (Phi) is 8.30. The number of carbonyl (C=O) groups is 3. The van der Waals surface area contributed by atoms with E-state index >= 15 is 0 Å². The van der Waals surface area contributed by atoms with Crippen molar-refractivity contribution >= 4 is 17.8 Å². The van der Waals surface area contributed by atoms with Gasteiger partial charge in [0.15, 0.2) is 0 Å². The number of esters is 1. The molecule has 120 valence electrons. The average Bonchev–Trinajstić information content (AvgIpc) is 2.35. The first kappa shape index (κ1) is 19.1. The molecule has 0 aromatic heterocycles. The zero-order chi connectivity index (χ0) is 16.5. The van der Waals surface area contributed by atoms with E-state index in [0.29, 0.717) is 12.2 Å². The van der Waals surface area contributed by atoms with E-state index in [1.807, 2.05) is 13.8 Å². The highest BCUT2D eigenvalue weighted by Crippen LogP contribution is 2.14. The van der Waals surface area contributed by atoms with Gasteiger partial charge in [-0.1, -0.05) is 26.2 Å². The molecular weight excluding hydrogens is 276 g/mol. The van der Waals surface area contributed by atoms with E-state index in [4.69, 9.17) is 10.8 Å². The average molecular weight is 300 g/mol. The monoisotopic (exact) mass is 300 g/mol. The van der Waals surface area contributed by atoms with Crippen LogP contribution in [0.15, 0.2) is 12.2 Å². The molecule has 0 aromatic rings. The minimum atomic E-state index is -1.47. The van der Waals surface area contributed by atoms with Gasteiger partial charge in [-0.3, -0.25) is 10.5 Å². The van der Waals surface area contributed by atoms with E-state index in [9.17, 15) is 14.4 Å². The first-order chi connectivity index (χ1) is 9.68. The number of amides is 1. The van der Waals surface area contributed by atoms with Gasteiger partial charge in [0.2, 0.25) is 6.23 Å². The van der Waals surface area contributed by atoms with Crippen LogP contribution < -0.4 is 11.1 Å². The smallest absolute Gasteiger partial charge is 0.333 e. The summed E-state index contributed by atoms with van der Waals surface area (Å²) >= 11 is 0. The van der Waals surface area contributed by atoms with E-state index in [1.54, 1.807) is 0 Å². The Bertz CT molecular complexity index is 404. The van der Waals surface area contributed by atoms with Gasteiger partial charge in [0, 0.05) is 17.7 Å². The maximum absolute atomic E-state index is 11.8. The number of nitrogens with two attached hydrogens (primary N) is 1. The van der Waals surface area contributed by atoms with E-state index in [1.165, 1.54) is 0 Å². The van der Waals surface area contributed by atoms with Crippen molar-refractivity contribution in [2.75, 3.05) is 0 Å². The van der Waals surface area contributed by atoms with Crippen molar-refractivity contribution in [3.8, 4) is 0 Å². The number of unbranched alkanes of at least 4 members (excludes halogenated alkanes) is 2. The molecule has 0 aliphatic heterocycles. The summed E-state index contributed by atoms with van der Waals surface area (Å²) in [5, 5.41) is 11.1. The summed E-state index contributed by atoms with van der Waals surface area (Å²) in [4.78, 5) is 33.2. The van der Waals surface area contributed by atoms with Gasteiger partial charge in [0.05, 0.1) is 0 Å². The molecule has 0 saturated carbocycles. The van der Waals surface area contributed by atoms with E-state index in [0.717, 1.165) is 25.7 Å². The molecule has 0 radical (unpaired) electrons. The molecule has 0 bridgehead atoms. The molecule has 0 heterocycles. The van der Waals surface area contributed by atoms with Gasteiger partial charge in [0.25, 0.3) is 5.91 Å². The first-order valence-electron chi connectivity index (χ1n) is 6.87.